The van der Waals surface area contributed by atoms with Gasteiger partial charge in [0.2, 0.25) is 0 Å². The van der Waals surface area contributed by atoms with Crippen LogP contribution < -0.4 is 9.64 Å². The van der Waals surface area contributed by atoms with Crippen molar-refractivity contribution in [2.24, 2.45) is 5.92 Å². The minimum absolute atomic E-state index is 0.427. The molecule has 0 fully saturated rings. The Labute approximate surface area is 185 Å². The van der Waals surface area contributed by atoms with E-state index in [9.17, 15) is 4.79 Å². The van der Waals surface area contributed by atoms with E-state index in [1.807, 2.05) is 18.2 Å². The number of aryl methyl sites for hydroxylation is 2. The predicted molar refractivity (Wildman–Crippen MR) is 126 cm³/mol. The molecule has 3 rings (SSSR count). The molecule has 1 aliphatic heterocycles. The number of hydrogen-bond acceptors (Lipinski definition) is 3. The monoisotopic (exact) mass is 425 g/mol. The van der Waals surface area contributed by atoms with E-state index in [-0.39, 0.29) is 0 Å². The van der Waals surface area contributed by atoms with Crippen LogP contribution in [0.1, 0.15) is 53.6 Å². The summed E-state index contributed by atoms with van der Waals surface area (Å²) in [5, 5.41) is -0.427. The second kappa shape index (κ2) is 11.2. The van der Waals surface area contributed by atoms with Crippen molar-refractivity contribution in [1.82, 2.24) is 0 Å². The highest BCUT2D eigenvalue weighted by Crippen LogP contribution is 2.34. The molecule has 1 heterocycles. The number of nitrogens with zero attached hydrogens (tertiary/aromatic N) is 1. The lowest BCUT2D eigenvalue weighted by atomic mass is 9.98. The highest BCUT2D eigenvalue weighted by molar-refractivity contribution is 6.67. The Bertz CT molecular complexity index is 864. The zero-order chi connectivity index (χ0) is 21.3. The van der Waals surface area contributed by atoms with Crippen LogP contribution >= 0.6 is 11.6 Å². The van der Waals surface area contributed by atoms with E-state index < -0.39 is 5.24 Å². The van der Waals surface area contributed by atoms with Gasteiger partial charge in [0.25, 0.3) is 5.24 Å². The number of halogens is 1. The molecule has 0 aliphatic carbocycles. The van der Waals surface area contributed by atoms with Gasteiger partial charge in [0.05, 0.1) is 12.3 Å². The summed E-state index contributed by atoms with van der Waals surface area (Å²) < 4.78 is 6.16. The Kier molecular flexibility index (Phi) is 8.39. The zero-order valence-electron chi connectivity index (χ0n) is 17.9. The highest BCUT2D eigenvalue weighted by atomic mass is 35.5. The molecule has 0 amide bonds. The normalized spacial score (nSPS) is 15.8. The molecule has 1 aliphatic rings. The number of allylic oxidation sites excluding steroid dienone is 1. The molecule has 1 atom stereocenters. The van der Waals surface area contributed by atoms with Crippen LogP contribution in [0.3, 0.4) is 0 Å². The fourth-order valence-electron chi connectivity index (χ4n) is 4.12. The lowest BCUT2D eigenvalue weighted by Gasteiger charge is -2.27. The van der Waals surface area contributed by atoms with Gasteiger partial charge >= 0.3 is 0 Å². The second-order valence-corrected chi connectivity index (χ2v) is 8.59. The average molecular weight is 426 g/mol. The summed E-state index contributed by atoms with van der Waals surface area (Å²) >= 11 is 5.74. The molecule has 1 unspecified atom stereocenters. The highest BCUT2D eigenvalue weighted by Gasteiger charge is 2.23. The van der Waals surface area contributed by atoms with E-state index in [0.717, 1.165) is 63.1 Å². The minimum atomic E-state index is -0.427. The smallest absolute Gasteiger partial charge is 0.252 e. The number of rotatable bonds is 10. The molecule has 0 aromatic heterocycles. The molecule has 2 aromatic carbocycles. The number of anilines is 1. The lowest BCUT2D eigenvalue weighted by molar-refractivity contribution is 0.108. The van der Waals surface area contributed by atoms with E-state index in [2.05, 4.69) is 42.7 Å². The fourth-order valence-corrected chi connectivity index (χ4v) is 4.24. The molecule has 0 spiro atoms. The molecular weight excluding hydrogens is 394 g/mol. The summed E-state index contributed by atoms with van der Waals surface area (Å²) in [5.74, 6) is 1.30. The van der Waals surface area contributed by atoms with E-state index in [1.54, 1.807) is 6.07 Å². The number of benzene rings is 2. The maximum absolute atomic E-state index is 11.7. The van der Waals surface area contributed by atoms with Crippen molar-refractivity contribution < 1.29 is 9.53 Å². The lowest BCUT2D eigenvalue weighted by Crippen LogP contribution is -2.31. The molecule has 0 saturated carbocycles. The van der Waals surface area contributed by atoms with Gasteiger partial charge in [-0.2, -0.15) is 0 Å². The Morgan fingerprint density at radius 2 is 2.10 bits per heavy atom. The number of unbranched alkanes of at least 4 members (excludes halogenated alkanes) is 2. The maximum atomic E-state index is 11.7. The van der Waals surface area contributed by atoms with Crippen molar-refractivity contribution in [3.05, 3.63) is 71.8 Å². The van der Waals surface area contributed by atoms with Crippen molar-refractivity contribution >= 4 is 22.5 Å². The maximum Gasteiger partial charge on any atom is 0.252 e. The van der Waals surface area contributed by atoms with E-state index in [0.29, 0.717) is 18.1 Å². The molecule has 0 saturated heterocycles. The summed E-state index contributed by atoms with van der Waals surface area (Å²) in [6, 6.07) is 14.3. The second-order valence-electron chi connectivity index (χ2n) is 8.24. The third-order valence-electron chi connectivity index (χ3n) is 5.73. The number of carbonyl (C=O) groups is 1. The van der Waals surface area contributed by atoms with Gasteiger partial charge < -0.3 is 9.64 Å². The summed E-state index contributed by atoms with van der Waals surface area (Å²) in [5.41, 5.74) is 4.23. The minimum Gasteiger partial charge on any atom is -0.491 e. The molecule has 0 bridgehead atoms. The molecule has 0 N–H and O–H groups in total. The van der Waals surface area contributed by atoms with E-state index >= 15 is 0 Å². The summed E-state index contributed by atoms with van der Waals surface area (Å²) in [4.78, 5) is 14.1. The Morgan fingerprint density at radius 3 is 2.87 bits per heavy atom. The first kappa shape index (κ1) is 22.4. The van der Waals surface area contributed by atoms with Gasteiger partial charge in [-0.1, -0.05) is 35.9 Å². The van der Waals surface area contributed by atoms with Crippen molar-refractivity contribution in [3.8, 4) is 5.75 Å². The first-order valence-corrected chi connectivity index (χ1v) is 11.3. The Hall–Kier alpha value is -2.26. The van der Waals surface area contributed by atoms with Crippen molar-refractivity contribution in [1.29, 1.82) is 0 Å². The predicted octanol–water partition coefficient (Wildman–Crippen LogP) is 6.57. The van der Waals surface area contributed by atoms with Crippen LogP contribution in [-0.4, -0.2) is 24.9 Å². The molecule has 3 nitrogen and oxygen atoms in total. The quantitative estimate of drug-likeness (QED) is 0.245. The number of carbonyl (C=O) groups excluding carboxylic acids is 1. The molecule has 160 valence electrons. The summed E-state index contributed by atoms with van der Waals surface area (Å²) in [7, 11) is 0. The molecule has 2 aromatic rings. The zero-order valence-corrected chi connectivity index (χ0v) is 18.7. The molecular formula is C26H32ClNO2. The first-order chi connectivity index (χ1) is 14.6. The van der Waals surface area contributed by atoms with Gasteiger partial charge in [-0.3, -0.25) is 4.79 Å². The standard InChI is InChI=1S/C26H32ClNO2/c1-3-4-5-6-15-28-18-22(12-8-11-21-10-7-9-20(2)16-21)19-30-25-14-13-23(26(27)29)17-24(25)28/h3,7,9-10,13-14,16-17,22H,1,4-6,8,11-12,15,18-19H2,2H3. The molecule has 0 radical (unpaired) electrons. The molecule has 30 heavy (non-hydrogen) atoms. The van der Waals surface area contributed by atoms with Crippen molar-refractivity contribution in [2.45, 2.75) is 45.4 Å². The largest absolute Gasteiger partial charge is 0.491 e. The van der Waals surface area contributed by atoms with Gasteiger partial charge in [-0.15, -0.1) is 6.58 Å². The van der Waals surface area contributed by atoms with Gasteiger partial charge in [-0.25, -0.2) is 0 Å². The van der Waals surface area contributed by atoms with Crippen LogP contribution in [0, 0.1) is 12.8 Å². The van der Waals surface area contributed by atoms with Gasteiger partial charge in [-0.05, 0) is 80.8 Å². The van der Waals surface area contributed by atoms with Gasteiger partial charge in [0, 0.05) is 24.6 Å². The SMILES string of the molecule is C=CCCCCN1CC(CCCc2cccc(C)c2)COc2ccc(C(=O)Cl)cc21. The van der Waals surface area contributed by atoms with Crippen molar-refractivity contribution in [2.75, 3.05) is 24.6 Å². The number of fused-ring (bicyclic) bond motifs is 1. The van der Waals surface area contributed by atoms with Crippen LogP contribution in [0.2, 0.25) is 0 Å². The van der Waals surface area contributed by atoms with Gasteiger partial charge in [0.1, 0.15) is 5.75 Å². The number of hydrogen-bond donors (Lipinski definition) is 0. The Balaban J connectivity index is 1.67. The van der Waals surface area contributed by atoms with E-state index in [1.165, 1.54) is 11.1 Å². The fraction of sp³-hybridized carbons (Fsp3) is 0.423. The molecule has 4 heteroatoms. The van der Waals surface area contributed by atoms with Crippen molar-refractivity contribution in [3.63, 3.8) is 0 Å². The van der Waals surface area contributed by atoms with Crippen LogP contribution in [0.5, 0.6) is 5.75 Å². The third-order valence-corrected chi connectivity index (χ3v) is 5.94. The van der Waals surface area contributed by atoms with Crippen LogP contribution in [0.15, 0.2) is 55.1 Å². The van der Waals surface area contributed by atoms with Gasteiger partial charge in [0.15, 0.2) is 0 Å². The summed E-state index contributed by atoms with van der Waals surface area (Å²) in [6.45, 7) is 8.55. The first-order valence-electron chi connectivity index (χ1n) is 10.9. The van der Waals surface area contributed by atoms with Crippen LogP contribution in [0.25, 0.3) is 0 Å². The third kappa shape index (κ3) is 6.37. The average Bonchev–Trinajstić information content (AvgIpc) is 2.90. The topological polar surface area (TPSA) is 29.5 Å². The van der Waals surface area contributed by atoms with Crippen LogP contribution in [-0.2, 0) is 6.42 Å². The van der Waals surface area contributed by atoms with E-state index in [4.69, 9.17) is 16.3 Å². The number of ether oxygens (including phenoxy) is 1. The van der Waals surface area contributed by atoms with Crippen LogP contribution in [0.4, 0.5) is 5.69 Å². The summed E-state index contributed by atoms with van der Waals surface area (Å²) in [6.07, 6.45) is 8.54. The Morgan fingerprint density at radius 1 is 1.23 bits per heavy atom.